The number of hydrogen-bond donors (Lipinski definition) is 1. The number of carboxylic acids is 1. The second kappa shape index (κ2) is 7.06. The zero-order valence-corrected chi connectivity index (χ0v) is 13.3. The molecule has 0 amide bonds. The van der Waals surface area contributed by atoms with Gasteiger partial charge in [-0.25, -0.2) is 0 Å². The van der Waals surface area contributed by atoms with E-state index in [1.807, 2.05) is 30.5 Å². The number of benzene rings is 1. The predicted octanol–water partition coefficient (Wildman–Crippen LogP) is 2.72. The van der Waals surface area contributed by atoms with Crippen molar-refractivity contribution in [2.24, 2.45) is 5.92 Å². The number of rotatable bonds is 6. The van der Waals surface area contributed by atoms with Gasteiger partial charge in [-0.15, -0.1) is 0 Å². The van der Waals surface area contributed by atoms with E-state index in [2.05, 4.69) is 16.0 Å². The minimum absolute atomic E-state index is 0.00761. The van der Waals surface area contributed by atoms with E-state index in [9.17, 15) is 4.79 Å². The molecule has 0 radical (unpaired) electrons. The average molecular weight is 314 g/mol. The van der Waals surface area contributed by atoms with Gasteiger partial charge in [0.25, 0.3) is 0 Å². The molecular formula is C18H22N2O3. The highest BCUT2D eigenvalue weighted by molar-refractivity contribution is 5.82. The molecule has 0 aliphatic carbocycles. The molecular weight excluding hydrogens is 292 g/mol. The van der Waals surface area contributed by atoms with E-state index < -0.39 is 5.97 Å². The van der Waals surface area contributed by atoms with E-state index in [1.54, 1.807) is 7.11 Å². The lowest BCUT2D eigenvalue weighted by Crippen LogP contribution is -2.25. The Labute approximate surface area is 135 Å². The Hall–Kier alpha value is -1.98. The molecule has 5 heteroatoms. The van der Waals surface area contributed by atoms with Gasteiger partial charge in [0.15, 0.2) is 0 Å². The van der Waals surface area contributed by atoms with E-state index in [1.165, 1.54) is 0 Å². The Kier molecular flexibility index (Phi) is 4.88. The maximum Gasteiger partial charge on any atom is 0.307 e. The van der Waals surface area contributed by atoms with Crippen LogP contribution in [0.4, 0.5) is 0 Å². The van der Waals surface area contributed by atoms with Gasteiger partial charge in [-0.3, -0.25) is 9.78 Å². The third-order valence-electron chi connectivity index (χ3n) is 4.64. The minimum Gasteiger partial charge on any atom is -0.481 e. The number of fused-ring (bicyclic) bond motifs is 1. The number of carbonyl (C=O) groups is 1. The largest absolute Gasteiger partial charge is 0.481 e. The van der Waals surface area contributed by atoms with Crippen LogP contribution in [-0.4, -0.2) is 47.7 Å². The summed E-state index contributed by atoms with van der Waals surface area (Å²) in [7, 11) is 1.73. The second-order valence-corrected chi connectivity index (χ2v) is 6.05. The van der Waals surface area contributed by atoms with Gasteiger partial charge in [0.1, 0.15) is 0 Å². The quantitative estimate of drug-likeness (QED) is 0.888. The van der Waals surface area contributed by atoms with Gasteiger partial charge < -0.3 is 14.7 Å². The van der Waals surface area contributed by atoms with Gasteiger partial charge in [0.05, 0.1) is 17.5 Å². The van der Waals surface area contributed by atoms with E-state index in [4.69, 9.17) is 9.84 Å². The molecule has 1 fully saturated rings. The van der Waals surface area contributed by atoms with Gasteiger partial charge in [0, 0.05) is 31.8 Å². The summed E-state index contributed by atoms with van der Waals surface area (Å²) in [4.78, 5) is 17.7. The van der Waals surface area contributed by atoms with Crippen LogP contribution in [0.25, 0.3) is 10.9 Å². The monoisotopic (exact) mass is 314 g/mol. The molecule has 2 heterocycles. The number of para-hydroxylation sites is 1. The van der Waals surface area contributed by atoms with Gasteiger partial charge >= 0.3 is 5.97 Å². The molecule has 0 saturated carbocycles. The van der Waals surface area contributed by atoms with Crippen LogP contribution in [0.5, 0.6) is 0 Å². The van der Waals surface area contributed by atoms with Crippen LogP contribution in [0.3, 0.4) is 0 Å². The van der Waals surface area contributed by atoms with Crippen LogP contribution < -0.4 is 0 Å². The van der Waals surface area contributed by atoms with E-state index in [-0.39, 0.29) is 12.0 Å². The van der Waals surface area contributed by atoms with Crippen molar-refractivity contribution in [2.45, 2.75) is 18.9 Å². The van der Waals surface area contributed by atoms with Crippen LogP contribution in [-0.2, 0) is 9.53 Å². The summed E-state index contributed by atoms with van der Waals surface area (Å²) in [6.07, 6.45) is 3.40. The lowest BCUT2D eigenvalue weighted by molar-refractivity contribution is -0.141. The van der Waals surface area contributed by atoms with E-state index in [0.717, 1.165) is 42.4 Å². The van der Waals surface area contributed by atoms with E-state index in [0.29, 0.717) is 6.54 Å². The summed E-state index contributed by atoms with van der Waals surface area (Å²) in [5.74, 6) is -0.909. The molecule has 2 unspecified atom stereocenters. The standard InChI is InChI=1S/C18H22N2O3/c1-23-17(8-11-20-10-7-13(12-20)18(21)22)15-6-9-19-16-5-3-2-4-14(15)16/h2-6,9,13,17H,7-8,10-12H2,1H3,(H,21,22). The Morgan fingerprint density at radius 1 is 1.43 bits per heavy atom. The third kappa shape index (κ3) is 3.51. The maximum atomic E-state index is 11.1. The van der Waals surface area contributed by atoms with Crippen LogP contribution in [0.2, 0.25) is 0 Å². The smallest absolute Gasteiger partial charge is 0.307 e. The number of aliphatic carboxylic acids is 1. The summed E-state index contributed by atoms with van der Waals surface area (Å²) in [5, 5.41) is 10.2. The molecule has 1 saturated heterocycles. The molecule has 0 spiro atoms. The minimum atomic E-state index is -0.684. The fourth-order valence-electron chi connectivity index (χ4n) is 3.34. The molecule has 1 aliphatic rings. The fraction of sp³-hybridized carbons (Fsp3) is 0.444. The molecule has 1 aliphatic heterocycles. The van der Waals surface area contributed by atoms with Crippen molar-refractivity contribution in [3.05, 3.63) is 42.1 Å². The predicted molar refractivity (Wildman–Crippen MR) is 88.3 cm³/mol. The molecule has 2 aromatic rings. The van der Waals surface area contributed by atoms with Crippen molar-refractivity contribution in [1.82, 2.24) is 9.88 Å². The summed E-state index contributed by atoms with van der Waals surface area (Å²) < 4.78 is 5.71. The zero-order valence-electron chi connectivity index (χ0n) is 13.3. The van der Waals surface area contributed by atoms with Crippen molar-refractivity contribution in [3.8, 4) is 0 Å². The SMILES string of the molecule is COC(CCN1CCC(C(=O)O)C1)c1ccnc2ccccc12. The Morgan fingerprint density at radius 3 is 3.00 bits per heavy atom. The van der Waals surface area contributed by atoms with Crippen LogP contribution >= 0.6 is 0 Å². The van der Waals surface area contributed by atoms with Crippen LogP contribution in [0, 0.1) is 5.92 Å². The van der Waals surface area contributed by atoms with Crippen molar-refractivity contribution >= 4 is 16.9 Å². The molecule has 1 aromatic carbocycles. The van der Waals surface area contributed by atoms with Gasteiger partial charge in [-0.2, -0.15) is 0 Å². The Morgan fingerprint density at radius 2 is 2.26 bits per heavy atom. The highest BCUT2D eigenvalue weighted by atomic mass is 16.5. The van der Waals surface area contributed by atoms with Crippen LogP contribution in [0.1, 0.15) is 24.5 Å². The highest BCUT2D eigenvalue weighted by Crippen LogP contribution is 2.28. The molecule has 122 valence electrons. The lowest BCUT2D eigenvalue weighted by Gasteiger charge is -2.21. The number of nitrogens with zero attached hydrogens (tertiary/aromatic N) is 2. The van der Waals surface area contributed by atoms with E-state index >= 15 is 0 Å². The maximum absolute atomic E-state index is 11.1. The zero-order chi connectivity index (χ0) is 16.2. The van der Waals surface area contributed by atoms with Crippen molar-refractivity contribution in [1.29, 1.82) is 0 Å². The number of likely N-dealkylation sites (tertiary alicyclic amines) is 1. The number of methoxy groups -OCH3 is 1. The molecule has 1 N–H and O–H groups in total. The normalized spacial score (nSPS) is 20.0. The van der Waals surface area contributed by atoms with Crippen LogP contribution in [0.15, 0.2) is 36.5 Å². The Bertz CT molecular complexity index is 684. The van der Waals surface area contributed by atoms with Gasteiger partial charge in [-0.05, 0) is 37.1 Å². The lowest BCUT2D eigenvalue weighted by atomic mass is 10.0. The molecule has 1 aromatic heterocycles. The first-order valence-electron chi connectivity index (χ1n) is 8.00. The number of pyridine rings is 1. The third-order valence-corrected chi connectivity index (χ3v) is 4.64. The fourth-order valence-corrected chi connectivity index (χ4v) is 3.34. The van der Waals surface area contributed by atoms with Gasteiger partial charge in [-0.1, -0.05) is 18.2 Å². The number of aromatic nitrogens is 1. The second-order valence-electron chi connectivity index (χ2n) is 6.05. The summed E-state index contributed by atoms with van der Waals surface area (Å²) >= 11 is 0. The number of carboxylic acid groups (broad SMARTS) is 1. The van der Waals surface area contributed by atoms with Gasteiger partial charge in [0.2, 0.25) is 0 Å². The molecule has 5 nitrogen and oxygen atoms in total. The summed E-state index contributed by atoms with van der Waals surface area (Å²) in [6, 6.07) is 10.1. The molecule has 23 heavy (non-hydrogen) atoms. The Balaban J connectivity index is 1.69. The first kappa shape index (κ1) is 15.9. The average Bonchev–Trinajstić information content (AvgIpc) is 3.05. The first-order chi connectivity index (χ1) is 11.2. The number of hydrogen-bond acceptors (Lipinski definition) is 4. The van der Waals surface area contributed by atoms with Crippen molar-refractivity contribution in [3.63, 3.8) is 0 Å². The molecule has 3 rings (SSSR count). The molecule has 2 atom stereocenters. The number of ether oxygens (including phenoxy) is 1. The summed E-state index contributed by atoms with van der Waals surface area (Å²) in [6.45, 7) is 2.34. The highest BCUT2D eigenvalue weighted by Gasteiger charge is 2.28. The van der Waals surface area contributed by atoms with Crippen molar-refractivity contribution < 1.29 is 14.6 Å². The first-order valence-corrected chi connectivity index (χ1v) is 8.00. The molecule has 0 bridgehead atoms. The van der Waals surface area contributed by atoms with Crippen molar-refractivity contribution in [2.75, 3.05) is 26.7 Å². The topological polar surface area (TPSA) is 62.7 Å². The summed E-state index contributed by atoms with van der Waals surface area (Å²) in [5.41, 5.74) is 2.12.